The third kappa shape index (κ3) is 3.70. The zero-order valence-corrected chi connectivity index (χ0v) is 16.4. The predicted molar refractivity (Wildman–Crippen MR) is 103 cm³/mol. The van der Waals surface area contributed by atoms with E-state index in [2.05, 4.69) is 15.3 Å². The summed E-state index contributed by atoms with van der Waals surface area (Å²) < 4.78 is 24.2. The van der Waals surface area contributed by atoms with E-state index in [-0.39, 0.29) is 29.6 Å². The molecular weight excluding hydrogens is 381 g/mol. The summed E-state index contributed by atoms with van der Waals surface area (Å²) in [5, 5.41) is 3.76. The first kappa shape index (κ1) is 18.8. The van der Waals surface area contributed by atoms with Crippen LogP contribution in [-0.4, -0.2) is 22.5 Å². The molecular formula is C20H20FN3O3S. The Bertz CT molecular complexity index is 977. The molecule has 2 atom stereocenters. The molecule has 1 aromatic carbocycles. The largest absolute Gasteiger partial charge is 0.445 e. The van der Waals surface area contributed by atoms with Crippen molar-refractivity contribution in [3.63, 3.8) is 0 Å². The number of oxazole rings is 1. The van der Waals surface area contributed by atoms with Gasteiger partial charge in [0, 0.05) is 12.2 Å². The van der Waals surface area contributed by atoms with Crippen molar-refractivity contribution in [2.24, 2.45) is 0 Å². The zero-order valence-electron chi connectivity index (χ0n) is 15.6. The van der Waals surface area contributed by atoms with E-state index >= 15 is 0 Å². The number of aryl methyl sites for hydroxylation is 1. The number of amides is 1. The van der Waals surface area contributed by atoms with Gasteiger partial charge in [0.15, 0.2) is 17.8 Å². The van der Waals surface area contributed by atoms with Crippen LogP contribution in [0.25, 0.3) is 10.6 Å². The Morgan fingerprint density at radius 2 is 2.14 bits per heavy atom. The first-order valence-corrected chi connectivity index (χ1v) is 9.93. The predicted octanol–water partition coefficient (Wildman–Crippen LogP) is 4.59. The van der Waals surface area contributed by atoms with Gasteiger partial charge in [-0.15, -0.1) is 11.3 Å². The molecule has 8 heteroatoms. The highest BCUT2D eigenvalue weighted by Crippen LogP contribution is 2.33. The minimum Gasteiger partial charge on any atom is -0.445 e. The van der Waals surface area contributed by atoms with E-state index in [4.69, 9.17) is 9.15 Å². The van der Waals surface area contributed by atoms with Gasteiger partial charge >= 0.3 is 0 Å². The highest BCUT2D eigenvalue weighted by Gasteiger charge is 2.29. The molecule has 3 aromatic rings. The number of halogens is 1. The molecule has 1 amide bonds. The number of aromatic nitrogens is 2. The number of carbonyl (C=O) groups excluding carboxylic acids is 1. The smallest absolute Gasteiger partial charge is 0.274 e. The van der Waals surface area contributed by atoms with Crippen LogP contribution in [0.3, 0.4) is 0 Å². The van der Waals surface area contributed by atoms with Crippen molar-refractivity contribution in [3.05, 3.63) is 58.5 Å². The second kappa shape index (κ2) is 7.81. The van der Waals surface area contributed by atoms with Crippen LogP contribution in [0.5, 0.6) is 0 Å². The topological polar surface area (TPSA) is 77.3 Å². The van der Waals surface area contributed by atoms with E-state index in [1.165, 1.54) is 29.9 Å². The van der Waals surface area contributed by atoms with Gasteiger partial charge in [-0.25, -0.2) is 14.4 Å². The minimum absolute atomic E-state index is 0.214. The van der Waals surface area contributed by atoms with Crippen molar-refractivity contribution in [2.75, 3.05) is 6.61 Å². The van der Waals surface area contributed by atoms with Crippen molar-refractivity contribution >= 4 is 17.2 Å². The lowest BCUT2D eigenvalue weighted by atomic mass is 10.1. The van der Waals surface area contributed by atoms with E-state index < -0.39 is 0 Å². The Labute approximate surface area is 165 Å². The number of thiazole rings is 1. The Hall–Kier alpha value is -2.58. The monoisotopic (exact) mass is 401 g/mol. The number of benzene rings is 1. The average molecular weight is 401 g/mol. The maximum Gasteiger partial charge on any atom is 0.274 e. The fourth-order valence-electron chi connectivity index (χ4n) is 3.30. The van der Waals surface area contributed by atoms with E-state index in [0.717, 1.165) is 34.0 Å². The second-order valence-corrected chi connectivity index (χ2v) is 7.77. The molecule has 4 rings (SSSR count). The van der Waals surface area contributed by atoms with Crippen molar-refractivity contribution in [3.8, 4) is 10.6 Å². The molecule has 28 heavy (non-hydrogen) atoms. The Morgan fingerprint density at radius 3 is 2.86 bits per heavy atom. The summed E-state index contributed by atoms with van der Waals surface area (Å²) in [5.41, 5.74) is 1.94. The average Bonchev–Trinajstić information content (AvgIpc) is 3.42. The number of carbonyl (C=O) groups is 1. The summed E-state index contributed by atoms with van der Waals surface area (Å²) in [6, 6.07) is 5.96. The SMILES string of the molecule is Cc1nc(-c2ccc(F)cc2)sc1[C@@H](C)NC(=O)c1ncoc1[C@H]1CCCO1. The lowest BCUT2D eigenvalue weighted by Crippen LogP contribution is -2.28. The van der Waals surface area contributed by atoms with E-state index in [9.17, 15) is 9.18 Å². The van der Waals surface area contributed by atoms with Crippen molar-refractivity contribution in [1.29, 1.82) is 0 Å². The van der Waals surface area contributed by atoms with Gasteiger partial charge in [0.25, 0.3) is 5.91 Å². The molecule has 1 aliphatic rings. The summed E-state index contributed by atoms with van der Waals surface area (Å²) >= 11 is 1.48. The number of nitrogens with one attached hydrogen (secondary N) is 1. The van der Waals surface area contributed by atoms with Gasteiger partial charge in [0.1, 0.15) is 16.9 Å². The lowest BCUT2D eigenvalue weighted by Gasteiger charge is -2.13. The van der Waals surface area contributed by atoms with Crippen molar-refractivity contribution < 1.29 is 18.3 Å². The molecule has 0 spiro atoms. The fourth-order valence-corrected chi connectivity index (χ4v) is 4.37. The molecule has 0 saturated carbocycles. The third-order valence-corrected chi connectivity index (χ3v) is 6.09. The summed E-state index contributed by atoms with van der Waals surface area (Å²) in [4.78, 5) is 22.3. The van der Waals surface area contributed by atoms with Gasteiger partial charge in [0.05, 0.1) is 16.6 Å². The van der Waals surface area contributed by atoms with Gasteiger partial charge in [-0.05, 0) is 51.0 Å². The Balaban J connectivity index is 1.51. The summed E-state index contributed by atoms with van der Waals surface area (Å²) in [6.45, 7) is 4.46. The zero-order chi connectivity index (χ0) is 19.7. The molecule has 1 N–H and O–H groups in total. The fraction of sp³-hybridized carbons (Fsp3) is 0.350. The molecule has 0 unspecified atom stereocenters. The first-order chi connectivity index (χ1) is 13.5. The highest BCUT2D eigenvalue weighted by atomic mass is 32.1. The Kier molecular flexibility index (Phi) is 5.23. The van der Waals surface area contributed by atoms with Crippen LogP contribution in [0.1, 0.15) is 58.7 Å². The van der Waals surface area contributed by atoms with E-state index in [1.54, 1.807) is 12.1 Å². The van der Waals surface area contributed by atoms with E-state index in [1.807, 2.05) is 13.8 Å². The molecule has 6 nitrogen and oxygen atoms in total. The number of hydrogen-bond donors (Lipinski definition) is 1. The maximum absolute atomic E-state index is 13.2. The van der Waals surface area contributed by atoms with Crippen molar-refractivity contribution in [1.82, 2.24) is 15.3 Å². The van der Waals surface area contributed by atoms with Crippen LogP contribution in [-0.2, 0) is 4.74 Å². The first-order valence-electron chi connectivity index (χ1n) is 9.12. The second-order valence-electron chi connectivity index (χ2n) is 6.74. The third-order valence-electron chi connectivity index (χ3n) is 4.70. The Morgan fingerprint density at radius 1 is 1.36 bits per heavy atom. The van der Waals surface area contributed by atoms with Crippen LogP contribution in [0.2, 0.25) is 0 Å². The van der Waals surface area contributed by atoms with Gasteiger partial charge < -0.3 is 14.5 Å². The van der Waals surface area contributed by atoms with Crippen LogP contribution >= 0.6 is 11.3 Å². The minimum atomic E-state index is -0.303. The molecule has 146 valence electrons. The number of hydrogen-bond acceptors (Lipinski definition) is 6. The quantitative estimate of drug-likeness (QED) is 0.677. The summed E-state index contributed by atoms with van der Waals surface area (Å²) in [7, 11) is 0. The van der Waals surface area contributed by atoms with E-state index in [0.29, 0.717) is 12.4 Å². The molecule has 0 radical (unpaired) electrons. The highest BCUT2D eigenvalue weighted by molar-refractivity contribution is 7.15. The molecule has 1 aliphatic heterocycles. The normalized spacial score (nSPS) is 17.6. The van der Waals surface area contributed by atoms with Gasteiger partial charge in [-0.2, -0.15) is 0 Å². The number of nitrogens with zero attached hydrogens (tertiary/aromatic N) is 2. The lowest BCUT2D eigenvalue weighted by molar-refractivity contribution is 0.0854. The van der Waals surface area contributed by atoms with Crippen LogP contribution in [0.4, 0.5) is 4.39 Å². The standard InChI is InChI=1S/C20H20FN3O3S/c1-11(18-12(2)24-20(28-18)13-5-7-14(21)8-6-13)23-19(25)16-17(27-10-22-16)15-4-3-9-26-15/h5-8,10-11,15H,3-4,9H2,1-2H3,(H,23,25)/t11-,15-/m1/s1. The molecule has 2 aromatic heterocycles. The summed E-state index contributed by atoms with van der Waals surface area (Å²) in [6.07, 6.45) is 2.82. The van der Waals surface area contributed by atoms with Crippen LogP contribution in [0, 0.1) is 12.7 Å². The van der Waals surface area contributed by atoms with Crippen LogP contribution < -0.4 is 5.32 Å². The van der Waals surface area contributed by atoms with Gasteiger partial charge in [-0.1, -0.05) is 0 Å². The number of rotatable bonds is 5. The molecule has 1 saturated heterocycles. The van der Waals surface area contributed by atoms with Gasteiger partial charge in [-0.3, -0.25) is 4.79 Å². The van der Waals surface area contributed by atoms with Gasteiger partial charge in [0.2, 0.25) is 0 Å². The van der Waals surface area contributed by atoms with Crippen molar-refractivity contribution in [2.45, 2.75) is 38.8 Å². The molecule has 0 aliphatic carbocycles. The molecule has 0 bridgehead atoms. The van der Waals surface area contributed by atoms with Crippen LogP contribution in [0.15, 0.2) is 35.1 Å². The number of ether oxygens (including phenoxy) is 1. The molecule has 3 heterocycles. The maximum atomic E-state index is 13.2. The summed E-state index contributed by atoms with van der Waals surface area (Å²) in [5.74, 6) is -0.106. The molecule has 1 fully saturated rings.